The first-order chi connectivity index (χ1) is 20.5. The number of benzene rings is 4. The SMILES string of the molecule is CC(C)(C)OC(=O)NCc1ccccc1Br.COc1cccc(-c2ccccc2CN)c1.COc1cccc(B(C)O)c1.Cl. The molecule has 0 unspecified atom stereocenters. The minimum absolute atomic E-state index is 0. The van der Waals surface area contributed by atoms with Crippen LogP contribution in [0.5, 0.6) is 11.5 Å². The van der Waals surface area contributed by atoms with E-state index in [-0.39, 0.29) is 12.4 Å². The molecule has 4 aromatic carbocycles. The molecule has 0 aromatic heterocycles. The van der Waals surface area contributed by atoms with E-state index < -0.39 is 18.6 Å². The van der Waals surface area contributed by atoms with Crippen molar-refractivity contribution in [2.45, 2.75) is 46.3 Å². The summed E-state index contributed by atoms with van der Waals surface area (Å²) in [7, 11) is 3.29. The largest absolute Gasteiger partial charge is 0.497 e. The minimum atomic E-state index is -0.460. The molecule has 0 fully saturated rings. The van der Waals surface area contributed by atoms with Crippen LogP contribution in [0.15, 0.2) is 102 Å². The molecule has 4 N–H and O–H groups in total. The number of carbonyl (C=O) groups excluding carboxylic acids is 1. The Labute approximate surface area is 276 Å². The zero-order chi connectivity index (χ0) is 31.8. The van der Waals surface area contributed by atoms with E-state index in [0.29, 0.717) is 13.1 Å². The van der Waals surface area contributed by atoms with Gasteiger partial charge in [-0.05, 0) is 78.8 Å². The summed E-state index contributed by atoms with van der Waals surface area (Å²) >= 11 is 3.42. The number of nitrogens with one attached hydrogen (secondary N) is 1. The summed E-state index contributed by atoms with van der Waals surface area (Å²) in [5.74, 6) is 1.65. The summed E-state index contributed by atoms with van der Waals surface area (Å²) in [5, 5.41) is 11.9. The van der Waals surface area contributed by atoms with Crippen LogP contribution >= 0.6 is 28.3 Å². The van der Waals surface area contributed by atoms with Crippen LogP contribution in [0.1, 0.15) is 31.9 Å². The van der Waals surface area contributed by atoms with Gasteiger partial charge in [0.2, 0.25) is 0 Å². The molecule has 0 bridgehead atoms. The highest BCUT2D eigenvalue weighted by Crippen LogP contribution is 2.26. The number of carbonyl (C=O) groups is 1. The summed E-state index contributed by atoms with van der Waals surface area (Å²) in [6, 6.07) is 31.3. The maximum Gasteiger partial charge on any atom is 0.407 e. The highest BCUT2D eigenvalue weighted by molar-refractivity contribution is 9.10. The first-order valence-electron chi connectivity index (χ1n) is 13.9. The molecule has 1 amide bonds. The number of rotatable bonds is 7. The van der Waals surface area contributed by atoms with E-state index in [2.05, 4.69) is 39.4 Å². The average Bonchev–Trinajstić information content (AvgIpc) is 3.00. The van der Waals surface area contributed by atoms with Crippen LogP contribution in [-0.2, 0) is 17.8 Å². The molecular weight excluding hydrogens is 643 g/mol. The number of halogens is 2. The van der Waals surface area contributed by atoms with E-state index in [0.717, 1.165) is 38.1 Å². The second-order valence-corrected chi connectivity index (χ2v) is 11.3. The van der Waals surface area contributed by atoms with Crippen molar-refractivity contribution in [2.24, 2.45) is 5.73 Å². The summed E-state index contributed by atoms with van der Waals surface area (Å²) in [5.41, 5.74) is 10.6. The molecule has 0 radical (unpaired) electrons. The van der Waals surface area contributed by atoms with Crippen LogP contribution in [0.3, 0.4) is 0 Å². The molecular formula is C34H43BBrClN2O5. The Kier molecular flexibility index (Phi) is 17.3. The van der Waals surface area contributed by atoms with Gasteiger partial charge in [0.25, 0.3) is 0 Å². The molecule has 0 aliphatic carbocycles. The van der Waals surface area contributed by atoms with Gasteiger partial charge in [-0.3, -0.25) is 0 Å². The molecule has 0 spiro atoms. The summed E-state index contributed by atoms with van der Waals surface area (Å²) in [6.45, 7) is 7.82. The van der Waals surface area contributed by atoms with Gasteiger partial charge in [-0.1, -0.05) is 89.5 Å². The lowest BCUT2D eigenvalue weighted by molar-refractivity contribution is 0.0523. The van der Waals surface area contributed by atoms with E-state index in [1.54, 1.807) is 21.0 Å². The van der Waals surface area contributed by atoms with Crippen molar-refractivity contribution in [1.29, 1.82) is 0 Å². The molecule has 10 heteroatoms. The van der Waals surface area contributed by atoms with Crippen LogP contribution in [0, 0.1) is 0 Å². The van der Waals surface area contributed by atoms with Crippen LogP contribution < -0.4 is 26.0 Å². The number of methoxy groups -OCH3 is 2. The van der Waals surface area contributed by atoms with Gasteiger partial charge in [-0.25, -0.2) is 4.79 Å². The topological polar surface area (TPSA) is 103 Å². The Morgan fingerprint density at radius 2 is 1.43 bits per heavy atom. The van der Waals surface area contributed by atoms with Gasteiger partial charge in [0.05, 0.1) is 14.2 Å². The van der Waals surface area contributed by atoms with Crippen molar-refractivity contribution in [2.75, 3.05) is 14.2 Å². The zero-order valence-corrected chi connectivity index (χ0v) is 28.6. The number of amides is 1. The first kappa shape index (κ1) is 38.5. The average molecular weight is 686 g/mol. The maximum absolute atomic E-state index is 11.4. The second kappa shape index (κ2) is 19.7. The van der Waals surface area contributed by atoms with Crippen molar-refractivity contribution in [3.63, 3.8) is 0 Å². The van der Waals surface area contributed by atoms with Gasteiger partial charge >= 0.3 is 13.0 Å². The Morgan fingerprint density at radius 1 is 0.864 bits per heavy atom. The van der Waals surface area contributed by atoms with Crippen molar-refractivity contribution in [3.8, 4) is 22.6 Å². The summed E-state index contributed by atoms with van der Waals surface area (Å²) < 4.78 is 16.3. The number of ether oxygens (including phenoxy) is 3. The molecule has 7 nitrogen and oxygen atoms in total. The number of nitrogens with two attached hydrogens (primary N) is 1. The fourth-order valence-electron chi connectivity index (χ4n) is 3.80. The van der Waals surface area contributed by atoms with Gasteiger partial charge < -0.3 is 30.3 Å². The third-order valence-corrected chi connectivity index (χ3v) is 6.75. The molecule has 0 saturated carbocycles. The lowest BCUT2D eigenvalue weighted by atomic mass is 9.64. The molecule has 0 saturated heterocycles. The summed E-state index contributed by atoms with van der Waals surface area (Å²) in [4.78, 5) is 11.4. The quantitative estimate of drug-likeness (QED) is 0.178. The Bertz CT molecular complexity index is 1430. The zero-order valence-electron chi connectivity index (χ0n) is 26.2. The second-order valence-electron chi connectivity index (χ2n) is 10.5. The Balaban J connectivity index is 0.000000333. The van der Waals surface area contributed by atoms with Gasteiger partial charge in [-0.15, -0.1) is 12.4 Å². The molecule has 0 atom stereocenters. The van der Waals surface area contributed by atoms with Gasteiger partial charge in [-0.2, -0.15) is 0 Å². The normalized spacial score (nSPS) is 10.0. The molecule has 4 rings (SSSR count). The third kappa shape index (κ3) is 13.9. The van der Waals surface area contributed by atoms with Crippen LogP contribution in [-0.4, -0.2) is 37.9 Å². The molecule has 44 heavy (non-hydrogen) atoms. The van der Waals surface area contributed by atoms with Crippen LogP contribution in [0.25, 0.3) is 11.1 Å². The lowest BCUT2D eigenvalue weighted by Gasteiger charge is -2.19. The van der Waals surface area contributed by atoms with E-state index in [9.17, 15) is 9.82 Å². The van der Waals surface area contributed by atoms with Crippen molar-refractivity contribution < 1.29 is 24.0 Å². The smallest absolute Gasteiger partial charge is 0.407 e. The van der Waals surface area contributed by atoms with E-state index in [4.69, 9.17) is 19.9 Å². The van der Waals surface area contributed by atoms with Gasteiger partial charge in [0.15, 0.2) is 0 Å². The van der Waals surface area contributed by atoms with Crippen molar-refractivity contribution in [3.05, 3.63) is 113 Å². The van der Waals surface area contributed by atoms with Gasteiger partial charge in [0, 0.05) is 17.6 Å². The Hall–Kier alpha value is -3.50. The highest BCUT2D eigenvalue weighted by atomic mass is 79.9. The fraction of sp³-hybridized carbons (Fsp3) is 0.265. The van der Waals surface area contributed by atoms with Crippen LogP contribution in [0.2, 0.25) is 6.82 Å². The van der Waals surface area contributed by atoms with Crippen molar-refractivity contribution in [1.82, 2.24) is 5.32 Å². The number of hydrogen-bond donors (Lipinski definition) is 3. The lowest BCUT2D eigenvalue weighted by Crippen LogP contribution is -2.32. The molecule has 0 aliphatic rings. The standard InChI is InChI=1S/C14H15NO.C12H16BrNO2.C8H11BO2.ClH/c1-16-13-7-4-6-11(9-13)14-8-3-2-5-12(14)10-15;1-12(2,3)16-11(15)14-8-9-6-4-5-7-10(9)13;1-9(10)7-4-3-5-8(6-7)11-2;/h2-9H,10,15H2,1H3;4-7H,8H2,1-3H3,(H,14,15);3-6,10H,1-2H3;1H. The Morgan fingerprint density at radius 3 is 2.00 bits per heavy atom. The van der Waals surface area contributed by atoms with E-state index in [1.807, 2.05) is 99.6 Å². The monoisotopic (exact) mass is 684 g/mol. The van der Waals surface area contributed by atoms with E-state index in [1.165, 1.54) is 5.56 Å². The van der Waals surface area contributed by atoms with Crippen molar-refractivity contribution >= 4 is 46.8 Å². The molecule has 0 aliphatic heterocycles. The highest BCUT2D eigenvalue weighted by Gasteiger charge is 2.15. The van der Waals surface area contributed by atoms with E-state index >= 15 is 0 Å². The predicted molar refractivity (Wildman–Crippen MR) is 187 cm³/mol. The molecule has 236 valence electrons. The molecule has 0 heterocycles. The van der Waals surface area contributed by atoms with Crippen LogP contribution in [0.4, 0.5) is 4.79 Å². The maximum atomic E-state index is 11.4. The first-order valence-corrected chi connectivity index (χ1v) is 14.7. The minimum Gasteiger partial charge on any atom is -0.497 e. The summed E-state index contributed by atoms with van der Waals surface area (Å²) in [6.07, 6.45) is -0.400. The fourth-order valence-corrected chi connectivity index (χ4v) is 4.22. The molecule has 4 aromatic rings. The third-order valence-electron chi connectivity index (χ3n) is 5.97. The number of hydrogen-bond acceptors (Lipinski definition) is 6. The predicted octanol–water partition coefficient (Wildman–Crippen LogP) is 7.23. The number of alkyl carbamates (subject to hydrolysis) is 1. The van der Waals surface area contributed by atoms with Gasteiger partial charge in [0.1, 0.15) is 17.1 Å².